The lowest BCUT2D eigenvalue weighted by Crippen LogP contribution is -2.52. The second-order valence-corrected chi connectivity index (χ2v) is 5.41. The number of hydrogen-bond acceptors (Lipinski definition) is 6. The number of hydrogen-bond donors (Lipinski definition) is 2. The number of aromatic hydroxyl groups is 1. The zero-order valence-corrected chi connectivity index (χ0v) is 11.6. The van der Waals surface area contributed by atoms with Crippen molar-refractivity contribution in [1.82, 2.24) is 10.2 Å². The summed E-state index contributed by atoms with van der Waals surface area (Å²) in [6, 6.07) is 3.16. The van der Waals surface area contributed by atoms with E-state index in [-0.39, 0.29) is 37.3 Å². The van der Waals surface area contributed by atoms with E-state index in [1.54, 1.807) is 17.0 Å². The molecule has 3 rings (SSSR count). The van der Waals surface area contributed by atoms with E-state index in [9.17, 15) is 24.3 Å². The Balaban J connectivity index is 2.00. The molecule has 0 bridgehead atoms. The summed E-state index contributed by atoms with van der Waals surface area (Å²) in [4.78, 5) is 47.9. The highest BCUT2D eigenvalue weighted by atomic mass is 16.3. The molecule has 114 valence electrons. The summed E-state index contributed by atoms with van der Waals surface area (Å²) in [6.07, 6.45) is 0.657. The van der Waals surface area contributed by atoms with E-state index in [0.29, 0.717) is 11.1 Å². The second kappa shape index (κ2) is 5.34. The number of carbonyl (C=O) groups is 4. The molecule has 2 aliphatic heterocycles. The van der Waals surface area contributed by atoms with Crippen molar-refractivity contribution < 1.29 is 24.3 Å². The van der Waals surface area contributed by atoms with E-state index < -0.39 is 23.8 Å². The number of benzene rings is 1. The molecule has 2 atom stereocenters. The minimum Gasteiger partial charge on any atom is -0.508 e. The lowest BCUT2D eigenvalue weighted by atomic mass is 9.98. The molecule has 1 aromatic carbocycles. The van der Waals surface area contributed by atoms with Crippen LogP contribution in [-0.2, 0) is 25.7 Å². The number of fused-ring (bicyclic) bond motifs is 1. The minimum atomic E-state index is -0.988. The summed E-state index contributed by atoms with van der Waals surface area (Å²) >= 11 is 0. The van der Waals surface area contributed by atoms with Crippen molar-refractivity contribution in [3.63, 3.8) is 0 Å². The Morgan fingerprint density at radius 3 is 2.82 bits per heavy atom. The van der Waals surface area contributed by atoms with Gasteiger partial charge in [0.1, 0.15) is 11.8 Å². The van der Waals surface area contributed by atoms with Crippen molar-refractivity contribution in [3.05, 3.63) is 29.3 Å². The normalized spacial score (nSPS) is 24.7. The van der Waals surface area contributed by atoms with Gasteiger partial charge in [0.2, 0.25) is 17.6 Å². The largest absolute Gasteiger partial charge is 0.508 e. The first-order valence-corrected chi connectivity index (χ1v) is 6.92. The van der Waals surface area contributed by atoms with Gasteiger partial charge in [0.05, 0.1) is 6.04 Å². The Morgan fingerprint density at radius 1 is 1.36 bits per heavy atom. The first-order chi connectivity index (χ1) is 10.5. The third-order valence-corrected chi connectivity index (χ3v) is 4.13. The van der Waals surface area contributed by atoms with Crippen LogP contribution in [0, 0.1) is 0 Å². The number of aldehydes is 1. The molecule has 1 aromatic rings. The average molecular weight is 302 g/mol. The van der Waals surface area contributed by atoms with Gasteiger partial charge in [-0.2, -0.15) is 0 Å². The summed E-state index contributed by atoms with van der Waals surface area (Å²) in [5.74, 6) is -1.62. The second-order valence-electron chi connectivity index (χ2n) is 5.41. The van der Waals surface area contributed by atoms with Crippen molar-refractivity contribution in [3.8, 4) is 5.75 Å². The fraction of sp³-hybridized carbons (Fsp3) is 0.333. The summed E-state index contributed by atoms with van der Waals surface area (Å²) in [5, 5.41) is 12.3. The standard InChI is InChI=1S/C15H14N2O5/c18-7-11(20)14-13-8(2-1-3-10(13)19)6-17(14)9-4-5-12(21)16-15(9)22/h1-3,7,9,14,19H,4-6H2,(H,16,21,22). The van der Waals surface area contributed by atoms with Crippen LogP contribution in [0.2, 0.25) is 0 Å². The maximum absolute atomic E-state index is 12.0. The van der Waals surface area contributed by atoms with Crippen LogP contribution >= 0.6 is 0 Å². The van der Waals surface area contributed by atoms with Crippen molar-refractivity contribution in [1.29, 1.82) is 0 Å². The Morgan fingerprint density at radius 2 is 2.14 bits per heavy atom. The van der Waals surface area contributed by atoms with Crippen molar-refractivity contribution in [2.75, 3.05) is 0 Å². The topological polar surface area (TPSA) is 104 Å². The van der Waals surface area contributed by atoms with E-state index in [0.717, 1.165) is 0 Å². The number of amides is 2. The molecule has 2 aliphatic rings. The highest BCUT2D eigenvalue weighted by Crippen LogP contribution is 2.41. The predicted molar refractivity (Wildman–Crippen MR) is 73.6 cm³/mol. The number of ketones is 1. The molecule has 2 unspecified atom stereocenters. The highest BCUT2D eigenvalue weighted by molar-refractivity contribution is 6.28. The summed E-state index contributed by atoms with van der Waals surface area (Å²) < 4.78 is 0. The zero-order chi connectivity index (χ0) is 15.9. The maximum atomic E-state index is 12.0. The minimum absolute atomic E-state index is 0.0764. The van der Waals surface area contributed by atoms with E-state index in [1.165, 1.54) is 6.07 Å². The van der Waals surface area contributed by atoms with Gasteiger partial charge < -0.3 is 5.11 Å². The number of piperidine rings is 1. The van der Waals surface area contributed by atoms with E-state index in [4.69, 9.17) is 0 Å². The van der Waals surface area contributed by atoms with Crippen LogP contribution in [0.5, 0.6) is 5.75 Å². The highest BCUT2D eigenvalue weighted by Gasteiger charge is 2.44. The molecule has 22 heavy (non-hydrogen) atoms. The molecule has 1 fully saturated rings. The van der Waals surface area contributed by atoms with Crippen molar-refractivity contribution in [2.45, 2.75) is 31.5 Å². The van der Waals surface area contributed by atoms with E-state index >= 15 is 0 Å². The molecule has 7 heteroatoms. The lowest BCUT2D eigenvalue weighted by molar-refractivity contribution is -0.141. The number of Topliss-reactive ketones (excluding diaryl/α,β-unsaturated/α-hetero) is 1. The van der Waals surface area contributed by atoms with Crippen LogP contribution in [-0.4, -0.2) is 39.9 Å². The molecule has 7 nitrogen and oxygen atoms in total. The van der Waals surface area contributed by atoms with Gasteiger partial charge >= 0.3 is 0 Å². The number of nitrogens with one attached hydrogen (secondary N) is 1. The summed E-state index contributed by atoms with van der Waals surface area (Å²) in [5.41, 5.74) is 1.06. The maximum Gasteiger partial charge on any atom is 0.243 e. The summed E-state index contributed by atoms with van der Waals surface area (Å²) in [6.45, 7) is 0.264. The molecule has 2 amide bonds. The van der Waals surface area contributed by atoms with Crippen LogP contribution in [0.4, 0.5) is 0 Å². The smallest absolute Gasteiger partial charge is 0.243 e. The first kappa shape index (κ1) is 14.4. The van der Waals surface area contributed by atoms with Gasteiger partial charge in [-0.1, -0.05) is 12.1 Å². The average Bonchev–Trinajstić information content (AvgIpc) is 2.87. The predicted octanol–water partition coefficient (Wildman–Crippen LogP) is -0.178. The fourth-order valence-electron chi connectivity index (χ4n) is 3.17. The number of rotatable bonds is 3. The van der Waals surface area contributed by atoms with Gasteiger partial charge in [0.15, 0.2) is 6.29 Å². The number of carbonyl (C=O) groups excluding carboxylic acids is 4. The SMILES string of the molecule is O=CC(=O)C1c2c(O)cccc2CN1C1CCC(=O)NC1=O. The van der Waals surface area contributed by atoms with Crippen LogP contribution in [0.25, 0.3) is 0 Å². The van der Waals surface area contributed by atoms with Gasteiger partial charge in [0.25, 0.3) is 0 Å². The van der Waals surface area contributed by atoms with E-state index in [1.807, 2.05) is 0 Å². The van der Waals surface area contributed by atoms with Crippen LogP contribution in [0.3, 0.4) is 0 Å². The molecule has 0 spiro atoms. The van der Waals surface area contributed by atoms with Crippen molar-refractivity contribution >= 4 is 23.9 Å². The summed E-state index contributed by atoms with van der Waals surface area (Å²) in [7, 11) is 0. The number of nitrogens with zero attached hydrogens (tertiary/aromatic N) is 1. The number of imide groups is 1. The van der Waals surface area contributed by atoms with Gasteiger partial charge in [-0.05, 0) is 18.1 Å². The van der Waals surface area contributed by atoms with Crippen LogP contribution < -0.4 is 5.32 Å². The van der Waals surface area contributed by atoms with Gasteiger partial charge in [-0.25, -0.2) is 0 Å². The third kappa shape index (κ3) is 2.19. The van der Waals surface area contributed by atoms with E-state index in [2.05, 4.69) is 5.32 Å². The molecule has 2 heterocycles. The molecular formula is C15H14N2O5. The van der Waals surface area contributed by atoms with Crippen LogP contribution in [0.15, 0.2) is 18.2 Å². The van der Waals surface area contributed by atoms with Crippen molar-refractivity contribution in [2.24, 2.45) is 0 Å². The van der Waals surface area contributed by atoms with Gasteiger partial charge in [-0.3, -0.25) is 29.4 Å². The Hall–Kier alpha value is -2.54. The Bertz CT molecular complexity index is 685. The first-order valence-electron chi connectivity index (χ1n) is 6.92. The van der Waals surface area contributed by atoms with Gasteiger partial charge in [0, 0.05) is 18.5 Å². The zero-order valence-electron chi connectivity index (χ0n) is 11.6. The Labute approximate surface area is 125 Å². The monoisotopic (exact) mass is 302 g/mol. The quantitative estimate of drug-likeness (QED) is 0.456. The van der Waals surface area contributed by atoms with Gasteiger partial charge in [-0.15, -0.1) is 0 Å². The molecule has 2 N–H and O–H groups in total. The third-order valence-electron chi connectivity index (χ3n) is 4.13. The molecular weight excluding hydrogens is 288 g/mol. The number of phenolic OH excluding ortho intramolecular Hbond substituents is 1. The Kier molecular flexibility index (Phi) is 3.50. The molecule has 1 saturated heterocycles. The van der Waals surface area contributed by atoms with Crippen LogP contribution in [0.1, 0.15) is 30.0 Å². The molecule has 0 aromatic heterocycles. The molecule has 0 radical (unpaired) electrons. The fourth-order valence-corrected chi connectivity index (χ4v) is 3.17. The molecule has 0 saturated carbocycles. The number of phenols is 1. The lowest BCUT2D eigenvalue weighted by Gasteiger charge is -2.32. The molecule has 0 aliphatic carbocycles.